The summed E-state index contributed by atoms with van der Waals surface area (Å²) in [5.74, 6) is -0.861. The summed E-state index contributed by atoms with van der Waals surface area (Å²) >= 11 is 0. The van der Waals surface area contributed by atoms with Crippen molar-refractivity contribution in [3.05, 3.63) is 12.2 Å². The van der Waals surface area contributed by atoms with Gasteiger partial charge in [0.2, 0.25) is 0 Å². The molecule has 0 saturated heterocycles. The summed E-state index contributed by atoms with van der Waals surface area (Å²) in [6, 6.07) is 0. The summed E-state index contributed by atoms with van der Waals surface area (Å²) in [5.41, 5.74) is 0. The molecule has 49 heavy (non-hydrogen) atoms. The third kappa shape index (κ3) is 22.6. The van der Waals surface area contributed by atoms with Gasteiger partial charge < -0.3 is 29.9 Å². The molecule has 9 heteroatoms. The average Bonchev–Trinajstić information content (AvgIpc) is 3.34. The van der Waals surface area contributed by atoms with Crippen LogP contribution < -0.4 is 0 Å². The standard InChI is InChI=1S/C40H72O9/c1-4-6-15-21-32(42)25-26-35-36(38(45)28-37(35)44)27-33(43)22-18-19-23-39(46)48-30-34(29-41)49-40(47)24-17-14-12-10-8-7-9-11-13-16-20-31(3)5-2/h25-26,31-32,34-38,41-42,44-45H,4-24,27-30H2,1-3H3/b26-25+/t31?,32-,34-,35+,36+,37+,38-/m0/s1. The van der Waals surface area contributed by atoms with E-state index in [9.17, 15) is 34.8 Å². The zero-order chi connectivity index (χ0) is 36.3. The second-order valence-electron chi connectivity index (χ2n) is 14.6. The van der Waals surface area contributed by atoms with Gasteiger partial charge in [0.15, 0.2) is 6.10 Å². The van der Waals surface area contributed by atoms with Gasteiger partial charge in [-0.2, -0.15) is 0 Å². The molecule has 0 aromatic heterocycles. The van der Waals surface area contributed by atoms with Crippen molar-refractivity contribution in [2.24, 2.45) is 17.8 Å². The maximum absolute atomic E-state index is 12.7. The number of hydrogen-bond donors (Lipinski definition) is 4. The van der Waals surface area contributed by atoms with E-state index in [4.69, 9.17) is 9.47 Å². The minimum Gasteiger partial charge on any atom is -0.462 e. The molecule has 0 spiro atoms. The lowest BCUT2D eigenvalue weighted by atomic mass is 9.87. The summed E-state index contributed by atoms with van der Waals surface area (Å²) in [7, 11) is 0. The number of aliphatic hydroxyl groups excluding tert-OH is 4. The number of ketones is 1. The fraction of sp³-hybridized carbons (Fsp3) is 0.875. The molecule has 0 aliphatic heterocycles. The molecule has 0 amide bonds. The molecule has 1 saturated carbocycles. The zero-order valence-corrected chi connectivity index (χ0v) is 31.2. The number of rotatable bonds is 31. The first-order chi connectivity index (χ1) is 23.6. The van der Waals surface area contributed by atoms with Gasteiger partial charge in [0, 0.05) is 43.9 Å². The topological polar surface area (TPSA) is 151 Å². The van der Waals surface area contributed by atoms with Gasteiger partial charge in [-0.05, 0) is 31.6 Å². The molecule has 4 N–H and O–H groups in total. The number of carbonyl (C=O) groups excluding carboxylic acids is 3. The smallest absolute Gasteiger partial charge is 0.306 e. The van der Waals surface area contributed by atoms with Gasteiger partial charge in [-0.3, -0.25) is 14.4 Å². The molecule has 9 nitrogen and oxygen atoms in total. The number of unbranched alkanes of at least 4 members (excludes halogenated alkanes) is 12. The van der Waals surface area contributed by atoms with Crippen LogP contribution in [0.5, 0.6) is 0 Å². The number of aliphatic hydroxyl groups is 4. The van der Waals surface area contributed by atoms with Gasteiger partial charge in [-0.25, -0.2) is 0 Å². The Morgan fingerprint density at radius 2 is 1.33 bits per heavy atom. The first kappa shape index (κ1) is 45.2. The summed E-state index contributed by atoms with van der Waals surface area (Å²) in [6.07, 6.45) is 20.4. The number of carbonyl (C=O) groups is 3. The van der Waals surface area contributed by atoms with E-state index < -0.39 is 48.9 Å². The van der Waals surface area contributed by atoms with Gasteiger partial charge in [0.25, 0.3) is 0 Å². The molecule has 0 heterocycles. The first-order valence-electron chi connectivity index (χ1n) is 19.8. The Labute approximate surface area is 297 Å². The zero-order valence-electron chi connectivity index (χ0n) is 31.2. The molecule has 1 fully saturated rings. The maximum atomic E-state index is 12.7. The Morgan fingerprint density at radius 3 is 1.96 bits per heavy atom. The molecular formula is C40H72O9. The predicted octanol–water partition coefficient (Wildman–Crippen LogP) is 7.54. The van der Waals surface area contributed by atoms with Gasteiger partial charge in [0.1, 0.15) is 12.4 Å². The van der Waals surface area contributed by atoms with E-state index in [1.54, 1.807) is 12.2 Å². The SMILES string of the molecule is CCCCC[C@H](O)/C=C/[C@@H]1[C@@H](CC(=O)CCCCC(=O)OC[C@H](CO)OC(=O)CCCCCCCCCCCCC(C)CC)[C@@H](O)C[C@H]1O. The van der Waals surface area contributed by atoms with Crippen LogP contribution in [0.2, 0.25) is 0 Å². The van der Waals surface area contributed by atoms with Gasteiger partial charge >= 0.3 is 11.9 Å². The molecule has 7 atom stereocenters. The van der Waals surface area contributed by atoms with Crippen molar-refractivity contribution in [2.45, 2.75) is 193 Å². The minimum absolute atomic E-state index is 0.0427. The molecule has 0 aromatic rings. The Balaban J connectivity index is 2.15. The Kier molecular flexibility index (Phi) is 26.6. The number of ether oxygens (including phenoxy) is 2. The molecule has 1 rings (SSSR count). The van der Waals surface area contributed by atoms with Crippen LogP contribution in [0.3, 0.4) is 0 Å². The molecule has 1 unspecified atom stereocenters. The van der Waals surface area contributed by atoms with Crippen molar-refractivity contribution in [1.29, 1.82) is 0 Å². The minimum atomic E-state index is -0.893. The van der Waals surface area contributed by atoms with Crippen LogP contribution >= 0.6 is 0 Å². The van der Waals surface area contributed by atoms with Crippen LogP contribution in [0.25, 0.3) is 0 Å². The van der Waals surface area contributed by atoms with Crippen molar-refractivity contribution in [3.8, 4) is 0 Å². The van der Waals surface area contributed by atoms with Crippen molar-refractivity contribution >= 4 is 17.7 Å². The number of esters is 2. The Bertz CT molecular complexity index is 891. The van der Waals surface area contributed by atoms with Crippen molar-refractivity contribution in [1.82, 2.24) is 0 Å². The quantitative estimate of drug-likeness (QED) is 0.0328. The van der Waals surface area contributed by atoms with Crippen LogP contribution in [0.4, 0.5) is 0 Å². The van der Waals surface area contributed by atoms with Gasteiger partial charge in [-0.15, -0.1) is 0 Å². The highest BCUT2D eigenvalue weighted by molar-refractivity contribution is 5.79. The summed E-state index contributed by atoms with van der Waals surface area (Å²) in [4.78, 5) is 37.1. The van der Waals surface area contributed by atoms with Crippen molar-refractivity contribution < 1.29 is 44.3 Å². The highest BCUT2D eigenvalue weighted by atomic mass is 16.6. The predicted molar refractivity (Wildman–Crippen MR) is 194 cm³/mol. The monoisotopic (exact) mass is 697 g/mol. The normalized spacial score (nSPS) is 21.1. The Morgan fingerprint density at radius 1 is 0.755 bits per heavy atom. The van der Waals surface area contributed by atoms with E-state index in [1.165, 1.54) is 57.8 Å². The van der Waals surface area contributed by atoms with E-state index in [1.807, 2.05) is 0 Å². The summed E-state index contributed by atoms with van der Waals surface area (Å²) < 4.78 is 10.5. The van der Waals surface area contributed by atoms with Crippen molar-refractivity contribution in [3.63, 3.8) is 0 Å². The van der Waals surface area contributed by atoms with Crippen LogP contribution in [0.1, 0.15) is 168 Å². The third-order valence-corrected chi connectivity index (χ3v) is 10.1. The van der Waals surface area contributed by atoms with Gasteiger partial charge in [-0.1, -0.05) is 123 Å². The highest BCUT2D eigenvalue weighted by Crippen LogP contribution is 2.36. The lowest BCUT2D eigenvalue weighted by Crippen LogP contribution is -2.28. The van der Waals surface area contributed by atoms with Crippen LogP contribution in [-0.2, 0) is 23.9 Å². The van der Waals surface area contributed by atoms with E-state index in [0.717, 1.165) is 44.4 Å². The molecule has 0 bridgehead atoms. The summed E-state index contributed by atoms with van der Waals surface area (Å²) in [5, 5.41) is 40.6. The van der Waals surface area contributed by atoms with Crippen LogP contribution in [-0.4, -0.2) is 75.8 Å². The number of hydrogen-bond acceptors (Lipinski definition) is 9. The second kappa shape index (κ2) is 28.8. The fourth-order valence-corrected chi connectivity index (χ4v) is 6.58. The maximum Gasteiger partial charge on any atom is 0.306 e. The molecule has 0 aromatic carbocycles. The highest BCUT2D eigenvalue weighted by Gasteiger charge is 2.41. The van der Waals surface area contributed by atoms with E-state index in [-0.39, 0.29) is 50.4 Å². The number of Topliss-reactive ketones (excluding diaryl/α,β-unsaturated/α-hetero) is 1. The summed E-state index contributed by atoms with van der Waals surface area (Å²) in [6.45, 7) is 6.06. The molecular weight excluding hydrogens is 624 g/mol. The lowest BCUT2D eigenvalue weighted by Gasteiger charge is -2.20. The van der Waals surface area contributed by atoms with E-state index in [2.05, 4.69) is 20.8 Å². The van der Waals surface area contributed by atoms with E-state index in [0.29, 0.717) is 19.3 Å². The average molecular weight is 697 g/mol. The molecule has 1 aliphatic rings. The molecule has 0 radical (unpaired) electrons. The molecule has 286 valence electrons. The van der Waals surface area contributed by atoms with Crippen molar-refractivity contribution in [2.75, 3.05) is 13.2 Å². The van der Waals surface area contributed by atoms with Crippen LogP contribution in [0.15, 0.2) is 12.2 Å². The largest absolute Gasteiger partial charge is 0.462 e. The second-order valence-corrected chi connectivity index (χ2v) is 14.6. The first-order valence-corrected chi connectivity index (χ1v) is 19.8. The lowest BCUT2D eigenvalue weighted by molar-refractivity contribution is -0.161. The van der Waals surface area contributed by atoms with Crippen LogP contribution in [0, 0.1) is 17.8 Å². The Hall–Kier alpha value is -1.81. The molecule has 1 aliphatic carbocycles. The third-order valence-electron chi connectivity index (χ3n) is 10.1. The van der Waals surface area contributed by atoms with Gasteiger partial charge in [0.05, 0.1) is 24.9 Å². The van der Waals surface area contributed by atoms with E-state index >= 15 is 0 Å². The fourth-order valence-electron chi connectivity index (χ4n) is 6.58.